The molecule has 9 nitrogen and oxygen atoms in total. The van der Waals surface area contributed by atoms with Crippen LogP contribution in [-0.4, -0.2) is 42.1 Å². The van der Waals surface area contributed by atoms with E-state index in [0.717, 1.165) is 0 Å². The number of thiazole rings is 1. The van der Waals surface area contributed by atoms with Gasteiger partial charge in [-0.05, 0) is 82.5 Å². The van der Waals surface area contributed by atoms with Crippen molar-refractivity contribution in [3.63, 3.8) is 0 Å². The van der Waals surface area contributed by atoms with Crippen molar-refractivity contribution in [2.45, 2.75) is 53.2 Å². The summed E-state index contributed by atoms with van der Waals surface area (Å²) in [5.74, 6) is 0.848. The zero-order chi connectivity index (χ0) is 30.6. The Balaban J connectivity index is 1.95. The molecule has 0 saturated carbocycles. The van der Waals surface area contributed by atoms with E-state index in [9.17, 15) is 14.7 Å². The summed E-state index contributed by atoms with van der Waals surface area (Å²) in [6, 6.07) is 8.04. The second-order valence-corrected chi connectivity index (χ2v) is 10.8. The fourth-order valence-electron chi connectivity index (χ4n) is 4.81. The maximum Gasteiger partial charge on any atom is 0.338 e. The van der Waals surface area contributed by atoms with Gasteiger partial charge in [-0.1, -0.05) is 23.5 Å². The Kier molecular flexibility index (Phi) is 9.57. The van der Waals surface area contributed by atoms with E-state index in [1.165, 1.54) is 15.9 Å². The molecule has 1 aliphatic rings. The van der Waals surface area contributed by atoms with Gasteiger partial charge in [0.1, 0.15) is 0 Å². The molecule has 4 rings (SSSR count). The van der Waals surface area contributed by atoms with Gasteiger partial charge in [-0.25, -0.2) is 9.79 Å². The molecule has 2 aromatic carbocycles. The van der Waals surface area contributed by atoms with Crippen LogP contribution in [0.15, 0.2) is 64.0 Å². The van der Waals surface area contributed by atoms with Crippen molar-refractivity contribution in [1.82, 2.24) is 4.57 Å². The third kappa shape index (κ3) is 6.13. The number of allylic oxidation sites excluding steroid dienone is 2. The molecule has 0 bridgehead atoms. The quantitative estimate of drug-likeness (QED) is 0.259. The summed E-state index contributed by atoms with van der Waals surface area (Å²) in [6.07, 6.45) is 3.78. The maximum atomic E-state index is 14.0. The minimum absolute atomic E-state index is 0.0453. The largest absolute Gasteiger partial charge is 0.504 e. The predicted molar refractivity (Wildman–Crippen MR) is 162 cm³/mol. The van der Waals surface area contributed by atoms with Crippen LogP contribution in [0, 0.1) is 0 Å². The number of hydrogen-bond donors (Lipinski definition) is 1. The van der Waals surface area contributed by atoms with Gasteiger partial charge in [0, 0.05) is 5.56 Å². The second kappa shape index (κ2) is 13.1. The van der Waals surface area contributed by atoms with E-state index in [1.807, 2.05) is 26.8 Å². The highest BCUT2D eigenvalue weighted by Gasteiger charge is 2.34. The molecule has 3 aromatic rings. The van der Waals surface area contributed by atoms with Crippen molar-refractivity contribution in [1.29, 1.82) is 0 Å². The molecular weight excluding hydrogens is 556 g/mol. The van der Waals surface area contributed by atoms with Gasteiger partial charge in [0.25, 0.3) is 5.56 Å². The van der Waals surface area contributed by atoms with Crippen LogP contribution < -0.4 is 29.1 Å². The molecule has 0 saturated heterocycles. The van der Waals surface area contributed by atoms with Gasteiger partial charge in [-0.15, -0.1) is 6.58 Å². The molecule has 0 aliphatic carbocycles. The van der Waals surface area contributed by atoms with E-state index in [4.69, 9.17) is 18.9 Å². The molecule has 222 valence electrons. The Morgan fingerprint density at radius 3 is 2.57 bits per heavy atom. The summed E-state index contributed by atoms with van der Waals surface area (Å²) in [4.78, 5) is 32.4. The first kappa shape index (κ1) is 30.6. The first-order valence-electron chi connectivity index (χ1n) is 13.8. The Bertz CT molecular complexity index is 1720. The zero-order valence-corrected chi connectivity index (χ0v) is 25.5. The van der Waals surface area contributed by atoms with Crippen LogP contribution in [0.1, 0.15) is 57.4 Å². The molecule has 0 amide bonds. The maximum absolute atomic E-state index is 14.0. The minimum atomic E-state index is -0.806. The van der Waals surface area contributed by atoms with E-state index < -0.39 is 12.0 Å². The SMILES string of the molecule is C=CCc1cc(/C=c2\sc3n(c2=O)[C@@H](c2ccc(OC(C)C)c(OC)c2)C(C(=O)OCC)=C(C)N=3)cc(OCC)c1O. The Morgan fingerprint density at radius 1 is 1.17 bits per heavy atom. The Labute approximate surface area is 248 Å². The number of fused-ring (bicyclic) bond motifs is 1. The van der Waals surface area contributed by atoms with Crippen molar-refractivity contribution in [2.75, 3.05) is 20.3 Å². The molecule has 2 heterocycles. The lowest BCUT2D eigenvalue weighted by Gasteiger charge is -2.25. The van der Waals surface area contributed by atoms with Gasteiger partial charge in [0.15, 0.2) is 27.8 Å². The van der Waals surface area contributed by atoms with Crippen molar-refractivity contribution in [3.8, 4) is 23.0 Å². The van der Waals surface area contributed by atoms with Crippen molar-refractivity contribution in [2.24, 2.45) is 4.99 Å². The molecule has 1 aromatic heterocycles. The predicted octanol–water partition coefficient (Wildman–Crippen LogP) is 4.43. The van der Waals surface area contributed by atoms with Crippen LogP contribution in [0.25, 0.3) is 6.08 Å². The summed E-state index contributed by atoms with van der Waals surface area (Å²) < 4.78 is 24.5. The number of carbonyl (C=O) groups excluding carboxylic acids is 1. The van der Waals surface area contributed by atoms with Gasteiger partial charge in [0.05, 0.1) is 48.3 Å². The monoisotopic (exact) mass is 592 g/mol. The lowest BCUT2D eigenvalue weighted by Crippen LogP contribution is -2.40. The normalized spacial score (nSPS) is 14.8. The second-order valence-electron chi connectivity index (χ2n) is 9.83. The number of hydrogen-bond acceptors (Lipinski definition) is 9. The van der Waals surface area contributed by atoms with Crippen molar-refractivity contribution < 1.29 is 28.8 Å². The number of esters is 1. The van der Waals surface area contributed by atoms with Crippen LogP contribution in [0.4, 0.5) is 0 Å². The molecule has 0 spiro atoms. The van der Waals surface area contributed by atoms with E-state index in [-0.39, 0.29) is 29.6 Å². The molecule has 1 atom stereocenters. The van der Waals surface area contributed by atoms with Crippen LogP contribution in [0.3, 0.4) is 0 Å². The van der Waals surface area contributed by atoms with Crippen LogP contribution in [0.5, 0.6) is 23.0 Å². The van der Waals surface area contributed by atoms with Gasteiger partial charge >= 0.3 is 5.97 Å². The number of phenolic OH excluding ortho intramolecular Hbond substituents is 1. The van der Waals surface area contributed by atoms with Crippen molar-refractivity contribution >= 4 is 23.4 Å². The topological polar surface area (TPSA) is 109 Å². The van der Waals surface area contributed by atoms with Gasteiger partial charge in [-0.2, -0.15) is 0 Å². The minimum Gasteiger partial charge on any atom is -0.504 e. The van der Waals surface area contributed by atoms with E-state index >= 15 is 0 Å². The number of aromatic hydroxyl groups is 1. The summed E-state index contributed by atoms with van der Waals surface area (Å²) in [6.45, 7) is 13.4. The molecular formula is C32H36N2O7S. The summed E-state index contributed by atoms with van der Waals surface area (Å²) in [5, 5.41) is 10.6. The van der Waals surface area contributed by atoms with Crippen molar-refractivity contribution in [3.05, 3.63) is 90.6 Å². The fourth-order valence-corrected chi connectivity index (χ4v) is 5.86. The van der Waals surface area contributed by atoms with Crippen LogP contribution in [-0.2, 0) is 16.0 Å². The summed E-state index contributed by atoms with van der Waals surface area (Å²) in [5.41, 5.74) is 2.36. The standard InChI is InChI=1S/C32H36N2O7S/c1-8-11-22-14-20(15-25(29(22)35)39-9-2)16-26-30(36)34-28(21-12-13-23(41-18(4)5)24(17-21)38-7)27(31(37)40-10-3)19(6)33-32(34)42-26/h8,12-18,28,35H,1,9-11H2,2-7H3/b26-16-/t28-/m0/s1. The van der Waals surface area contributed by atoms with Crippen LogP contribution in [0.2, 0.25) is 0 Å². The number of phenols is 1. The summed E-state index contributed by atoms with van der Waals surface area (Å²) in [7, 11) is 1.54. The third-order valence-corrected chi connectivity index (χ3v) is 7.50. The smallest absolute Gasteiger partial charge is 0.338 e. The van der Waals surface area contributed by atoms with E-state index in [0.29, 0.717) is 62.0 Å². The number of benzene rings is 2. The number of rotatable bonds is 11. The van der Waals surface area contributed by atoms with Gasteiger partial charge in [0.2, 0.25) is 0 Å². The number of ether oxygens (including phenoxy) is 4. The molecule has 10 heteroatoms. The van der Waals surface area contributed by atoms with Gasteiger partial charge in [-0.3, -0.25) is 9.36 Å². The molecule has 0 radical (unpaired) electrons. The number of methoxy groups -OCH3 is 1. The first-order valence-corrected chi connectivity index (χ1v) is 14.6. The van der Waals surface area contributed by atoms with Gasteiger partial charge < -0.3 is 24.1 Å². The number of nitrogens with zero attached hydrogens (tertiary/aromatic N) is 2. The number of carbonyl (C=O) groups is 1. The first-order chi connectivity index (χ1) is 20.1. The Hall–Kier alpha value is -4.31. The third-order valence-electron chi connectivity index (χ3n) is 6.52. The summed E-state index contributed by atoms with van der Waals surface area (Å²) >= 11 is 1.21. The van der Waals surface area contributed by atoms with E-state index in [1.54, 1.807) is 57.4 Å². The number of aromatic nitrogens is 1. The van der Waals surface area contributed by atoms with E-state index in [2.05, 4.69) is 11.6 Å². The fraction of sp³-hybridized carbons (Fsp3) is 0.344. The Morgan fingerprint density at radius 2 is 1.93 bits per heavy atom. The lowest BCUT2D eigenvalue weighted by molar-refractivity contribution is -0.139. The molecule has 1 aliphatic heterocycles. The molecule has 1 N–H and O–H groups in total. The average molecular weight is 593 g/mol. The highest BCUT2D eigenvalue weighted by molar-refractivity contribution is 7.07. The molecule has 42 heavy (non-hydrogen) atoms. The molecule has 0 unspecified atom stereocenters. The van der Waals surface area contributed by atoms with Crippen LogP contribution >= 0.6 is 11.3 Å². The lowest BCUT2D eigenvalue weighted by atomic mass is 9.95. The molecule has 0 fully saturated rings. The highest BCUT2D eigenvalue weighted by atomic mass is 32.1. The average Bonchev–Trinajstić information content (AvgIpc) is 3.24. The zero-order valence-electron chi connectivity index (χ0n) is 24.7. The highest BCUT2D eigenvalue weighted by Crippen LogP contribution is 2.37.